The van der Waals surface area contributed by atoms with Crippen LogP contribution in [-0.4, -0.2) is 24.6 Å². The molecule has 27 heavy (non-hydrogen) atoms. The predicted octanol–water partition coefficient (Wildman–Crippen LogP) is 4.52. The van der Waals surface area contributed by atoms with Crippen molar-refractivity contribution in [2.45, 2.75) is 13.3 Å². The molecule has 2 aromatic rings. The van der Waals surface area contributed by atoms with Crippen molar-refractivity contribution < 1.29 is 14.3 Å². The molecule has 0 spiro atoms. The van der Waals surface area contributed by atoms with Gasteiger partial charge in [0.15, 0.2) is 0 Å². The van der Waals surface area contributed by atoms with Gasteiger partial charge in [-0.15, -0.1) is 0 Å². The lowest BCUT2D eigenvalue weighted by atomic mass is 10.2. The molecule has 0 atom stereocenters. The highest BCUT2D eigenvalue weighted by Gasteiger charge is 2.10. The lowest BCUT2D eigenvalue weighted by Crippen LogP contribution is -2.24. The fraction of sp³-hybridized carbons (Fsp3) is 0.167. The molecule has 2 rings (SSSR count). The third-order valence-electron chi connectivity index (χ3n) is 3.19. The summed E-state index contributed by atoms with van der Waals surface area (Å²) in [5.74, 6) is -0.514. The highest BCUT2D eigenvalue weighted by Crippen LogP contribution is 2.25. The first-order valence-electron chi connectivity index (χ1n) is 7.88. The molecule has 2 aromatic carbocycles. The lowest BCUT2D eigenvalue weighted by molar-refractivity contribution is -0.126. The van der Waals surface area contributed by atoms with Crippen molar-refractivity contribution in [2.24, 2.45) is 5.10 Å². The molecule has 0 saturated carbocycles. The van der Waals surface area contributed by atoms with Crippen LogP contribution in [0.25, 0.3) is 0 Å². The fourth-order valence-corrected chi connectivity index (χ4v) is 2.52. The molecule has 0 aliphatic heterocycles. The quantitative estimate of drug-likeness (QED) is 0.386. The molecule has 0 fully saturated rings. The molecule has 0 aliphatic carbocycles. The number of amides is 2. The summed E-state index contributed by atoms with van der Waals surface area (Å²) in [6.07, 6.45) is 0.983. The van der Waals surface area contributed by atoms with Crippen molar-refractivity contribution in [1.29, 1.82) is 0 Å². The summed E-state index contributed by atoms with van der Waals surface area (Å²) in [7, 11) is 0. The van der Waals surface area contributed by atoms with Crippen LogP contribution in [0.1, 0.15) is 18.9 Å². The molecule has 2 amide bonds. The van der Waals surface area contributed by atoms with Gasteiger partial charge >= 0.3 is 0 Å². The Balaban J connectivity index is 1.90. The Bertz CT molecular complexity index is 872. The van der Waals surface area contributed by atoms with Gasteiger partial charge in [0.05, 0.1) is 22.9 Å². The predicted molar refractivity (Wildman–Crippen MR) is 108 cm³/mol. The van der Waals surface area contributed by atoms with E-state index in [0.29, 0.717) is 38.7 Å². The molecule has 9 heteroatoms. The van der Waals surface area contributed by atoms with Crippen LogP contribution in [0, 0.1) is 0 Å². The zero-order chi connectivity index (χ0) is 19.8. The maximum Gasteiger partial charge on any atom is 0.249 e. The van der Waals surface area contributed by atoms with Gasteiger partial charge in [0, 0.05) is 16.3 Å². The smallest absolute Gasteiger partial charge is 0.249 e. The molecule has 0 aromatic heterocycles. The minimum atomic E-state index is -0.580. The maximum absolute atomic E-state index is 11.9. The number of hydrogen-bond donors (Lipinski definition) is 2. The van der Waals surface area contributed by atoms with Gasteiger partial charge in [-0.3, -0.25) is 9.59 Å². The SMILES string of the molecule is CCOc1ccc(Cl)cc1C=NNC(=O)CC(=O)Nc1ccc(Cl)c(Cl)c1. The van der Waals surface area contributed by atoms with Crippen LogP contribution >= 0.6 is 34.8 Å². The van der Waals surface area contributed by atoms with Crippen LogP contribution in [-0.2, 0) is 9.59 Å². The Morgan fingerprint density at radius 1 is 1.07 bits per heavy atom. The van der Waals surface area contributed by atoms with Crippen LogP contribution in [0.5, 0.6) is 5.75 Å². The van der Waals surface area contributed by atoms with Gasteiger partial charge in [0.2, 0.25) is 11.8 Å². The van der Waals surface area contributed by atoms with Gasteiger partial charge in [-0.25, -0.2) is 5.43 Å². The number of rotatable bonds is 7. The van der Waals surface area contributed by atoms with Crippen molar-refractivity contribution >= 4 is 58.5 Å². The summed E-state index contributed by atoms with van der Waals surface area (Å²) in [4.78, 5) is 23.7. The average Bonchev–Trinajstić information content (AvgIpc) is 2.60. The number of nitrogens with one attached hydrogen (secondary N) is 2. The summed E-state index contributed by atoms with van der Waals surface area (Å²) in [5, 5.41) is 7.56. The summed E-state index contributed by atoms with van der Waals surface area (Å²) in [5.41, 5.74) is 3.32. The topological polar surface area (TPSA) is 79.8 Å². The highest BCUT2D eigenvalue weighted by molar-refractivity contribution is 6.42. The van der Waals surface area contributed by atoms with E-state index in [1.807, 2.05) is 6.92 Å². The maximum atomic E-state index is 11.9. The minimum absolute atomic E-state index is 0.301. The molecule has 142 valence electrons. The molecule has 0 radical (unpaired) electrons. The van der Waals surface area contributed by atoms with E-state index >= 15 is 0 Å². The Morgan fingerprint density at radius 2 is 1.85 bits per heavy atom. The third-order valence-corrected chi connectivity index (χ3v) is 4.16. The second kappa shape index (κ2) is 10.2. The fourth-order valence-electron chi connectivity index (χ4n) is 2.05. The molecule has 0 aliphatic rings. The van der Waals surface area contributed by atoms with Crippen molar-refractivity contribution in [3.05, 3.63) is 57.0 Å². The van der Waals surface area contributed by atoms with Crippen LogP contribution < -0.4 is 15.5 Å². The van der Waals surface area contributed by atoms with Crippen LogP contribution in [0.3, 0.4) is 0 Å². The minimum Gasteiger partial charge on any atom is -0.493 e. The van der Waals surface area contributed by atoms with E-state index in [1.54, 1.807) is 30.3 Å². The third kappa shape index (κ3) is 6.75. The van der Waals surface area contributed by atoms with Crippen molar-refractivity contribution in [3.63, 3.8) is 0 Å². The second-order valence-electron chi connectivity index (χ2n) is 5.26. The first kappa shape index (κ1) is 21.0. The zero-order valence-electron chi connectivity index (χ0n) is 14.3. The second-order valence-corrected chi connectivity index (χ2v) is 6.51. The van der Waals surface area contributed by atoms with E-state index in [9.17, 15) is 9.59 Å². The summed E-state index contributed by atoms with van der Waals surface area (Å²) >= 11 is 17.6. The molecule has 0 bridgehead atoms. The van der Waals surface area contributed by atoms with Crippen molar-refractivity contribution in [2.75, 3.05) is 11.9 Å². The van der Waals surface area contributed by atoms with Crippen LogP contribution in [0.2, 0.25) is 15.1 Å². The van der Waals surface area contributed by atoms with Crippen molar-refractivity contribution in [1.82, 2.24) is 5.43 Å². The average molecular weight is 429 g/mol. The lowest BCUT2D eigenvalue weighted by Gasteiger charge is -2.07. The van der Waals surface area contributed by atoms with Gasteiger partial charge in [-0.05, 0) is 43.3 Å². The standard InChI is InChI=1S/C18H16Cl3N3O3/c1-2-27-16-6-3-12(19)7-11(16)10-22-24-18(26)9-17(25)23-13-4-5-14(20)15(21)8-13/h3-8,10H,2,9H2,1H3,(H,23,25)(H,24,26). The zero-order valence-corrected chi connectivity index (χ0v) is 16.5. The van der Waals surface area contributed by atoms with Gasteiger partial charge in [0.1, 0.15) is 12.2 Å². The first-order valence-corrected chi connectivity index (χ1v) is 9.01. The van der Waals surface area contributed by atoms with E-state index in [4.69, 9.17) is 39.5 Å². The Kier molecular flexibility index (Phi) is 7.91. The number of halogens is 3. The van der Waals surface area contributed by atoms with Gasteiger partial charge in [-0.2, -0.15) is 5.10 Å². The van der Waals surface area contributed by atoms with E-state index < -0.39 is 18.2 Å². The number of anilines is 1. The van der Waals surface area contributed by atoms with Gasteiger partial charge in [-0.1, -0.05) is 34.8 Å². The van der Waals surface area contributed by atoms with Gasteiger partial charge < -0.3 is 10.1 Å². The molecular formula is C18H16Cl3N3O3. The summed E-state index contributed by atoms with van der Waals surface area (Å²) in [6, 6.07) is 9.67. The van der Waals surface area contributed by atoms with Gasteiger partial charge in [0.25, 0.3) is 0 Å². The summed E-state index contributed by atoms with van der Waals surface area (Å²) in [6.45, 7) is 2.33. The number of ether oxygens (including phenoxy) is 1. The number of carbonyl (C=O) groups is 2. The molecular weight excluding hydrogens is 413 g/mol. The molecule has 0 heterocycles. The number of nitrogens with zero attached hydrogens (tertiary/aromatic N) is 1. The number of carbonyl (C=O) groups excluding carboxylic acids is 2. The largest absolute Gasteiger partial charge is 0.493 e. The van der Waals surface area contributed by atoms with Crippen LogP contribution in [0.15, 0.2) is 41.5 Å². The molecule has 0 unspecified atom stereocenters. The monoisotopic (exact) mass is 427 g/mol. The molecule has 0 saturated heterocycles. The molecule has 6 nitrogen and oxygen atoms in total. The Hall–Kier alpha value is -2.28. The van der Waals surface area contributed by atoms with E-state index in [2.05, 4.69) is 15.8 Å². The Labute approximate surface area is 171 Å². The highest BCUT2D eigenvalue weighted by atomic mass is 35.5. The molecule has 2 N–H and O–H groups in total. The van der Waals surface area contributed by atoms with E-state index in [0.717, 1.165) is 0 Å². The number of hydrazone groups is 1. The number of hydrogen-bond acceptors (Lipinski definition) is 4. The first-order chi connectivity index (χ1) is 12.9. The summed E-state index contributed by atoms with van der Waals surface area (Å²) < 4.78 is 5.45. The van der Waals surface area contributed by atoms with Crippen LogP contribution in [0.4, 0.5) is 5.69 Å². The van der Waals surface area contributed by atoms with Crippen molar-refractivity contribution in [3.8, 4) is 5.75 Å². The normalized spacial score (nSPS) is 10.7. The Morgan fingerprint density at radius 3 is 2.56 bits per heavy atom. The number of benzene rings is 2. The van der Waals surface area contributed by atoms with E-state index in [1.165, 1.54) is 12.3 Å². The van der Waals surface area contributed by atoms with E-state index in [-0.39, 0.29) is 0 Å².